The highest BCUT2D eigenvalue weighted by atomic mass is 35.5. The molecule has 1 N–H and O–H groups in total. The maximum Gasteiger partial charge on any atom is 0.332 e. The van der Waals surface area contributed by atoms with Gasteiger partial charge < -0.3 is 9.80 Å². The lowest BCUT2D eigenvalue weighted by Crippen LogP contribution is -3.12. The molecule has 154 valence electrons. The minimum absolute atomic E-state index is 0.356. The van der Waals surface area contributed by atoms with Crippen molar-refractivity contribution in [1.29, 1.82) is 0 Å². The van der Waals surface area contributed by atoms with Crippen molar-refractivity contribution in [2.45, 2.75) is 6.54 Å². The molecule has 0 saturated carbocycles. The number of halogens is 2. The number of anilines is 1. The molecule has 0 atom stereocenters. The van der Waals surface area contributed by atoms with Crippen LogP contribution in [0.5, 0.6) is 0 Å². The van der Waals surface area contributed by atoms with E-state index in [-0.39, 0.29) is 5.56 Å². The highest BCUT2D eigenvalue weighted by Crippen LogP contribution is 2.26. The number of rotatable bonds is 3. The van der Waals surface area contributed by atoms with Crippen LogP contribution in [-0.2, 0) is 20.6 Å². The second kappa shape index (κ2) is 7.51. The smallest absolute Gasteiger partial charge is 0.332 e. The van der Waals surface area contributed by atoms with Gasteiger partial charge in [0.2, 0.25) is 5.95 Å². The van der Waals surface area contributed by atoms with E-state index >= 15 is 0 Å². The summed E-state index contributed by atoms with van der Waals surface area (Å²) >= 11 is 12.4. The lowest BCUT2D eigenvalue weighted by Gasteiger charge is -2.31. The quantitative estimate of drug-likeness (QED) is 0.631. The van der Waals surface area contributed by atoms with E-state index in [1.165, 1.54) is 16.5 Å². The predicted octanol–water partition coefficient (Wildman–Crippen LogP) is 0.124. The Kier molecular flexibility index (Phi) is 5.18. The number of hydrogen-bond acceptors (Lipinski definition) is 4. The third-order valence-electron chi connectivity index (χ3n) is 5.57. The lowest BCUT2D eigenvalue weighted by atomic mass is 10.2. The van der Waals surface area contributed by atoms with E-state index in [0.29, 0.717) is 33.7 Å². The first-order valence-corrected chi connectivity index (χ1v) is 10.2. The Morgan fingerprint density at radius 2 is 1.79 bits per heavy atom. The Morgan fingerprint density at radius 1 is 1.10 bits per heavy atom. The average molecular weight is 438 g/mol. The molecule has 3 heterocycles. The first-order chi connectivity index (χ1) is 13.8. The van der Waals surface area contributed by atoms with Crippen molar-refractivity contribution in [2.75, 3.05) is 38.1 Å². The van der Waals surface area contributed by atoms with E-state index in [2.05, 4.69) is 11.9 Å². The zero-order valence-electron chi connectivity index (χ0n) is 16.6. The molecule has 0 spiro atoms. The van der Waals surface area contributed by atoms with Gasteiger partial charge in [-0.05, 0) is 17.7 Å². The van der Waals surface area contributed by atoms with Crippen LogP contribution < -0.4 is 21.0 Å². The number of fused-ring (bicyclic) bond motifs is 1. The van der Waals surface area contributed by atoms with Gasteiger partial charge in [0.15, 0.2) is 11.2 Å². The summed E-state index contributed by atoms with van der Waals surface area (Å²) in [6, 6.07) is 5.31. The number of likely N-dealkylation sites (N-methyl/N-ethyl adjacent to an activating group) is 1. The molecule has 10 heteroatoms. The third-order valence-corrected chi connectivity index (χ3v) is 6.16. The number of quaternary nitrogens is 1. The van der Waals surface area contributed by atoms with Gasteiger partial charge in [0, 0.05) is 24.1 Å². The average Bonchev–Trinajstić information content (AvgIpc) is 3.07. The SMILES string of the molecule is Cn1c(=O)c2c(nc(N3CC[NH+](C)CC3)n2Cc2ccc(Cl)cc2Cl)n(C)c1=O. The number of hydrogen-bond donors (Lipinski definition) is 1. The highest BCUT2D eigenvalue weighted by molar-refractivity contribution is 6.35. The fourth-order valence-electron chi connectivity index (χ4n) is 3.73. The monoisotopic (exact) mass is 437 g/mol. The van der Waals surface area contributed by atoms with Crippen LogP contribution in [0.1, 0.15) is 5.56 Å². The summed E-state index contributed by atoms with van der Waals surface area (Å²) in [5, 5.41) is 1.07. The van der Waals surface area contributed by atoms with Crippen molar-refractivity contribution in [2.24, 2.45) is 14.1 Å². The molecule has 1 aliphatic heterocycles. The van der Waals surface area contributed by atoms with Crippen molar-refractivity contribution < 1.29 is 4.90 Å². The molecule has 0 amide bonds. The molecular weight excluding hydrogens is 415 g/mol. The maximum atomic E-state index is 13.0. The van der Waals surface area contributed by atoms with Gasteiger partial charge in [0.1, 0.15) is 0 Å². The van der Waals surface area contributed by atoms with Gasteiger partial charge in [-0.1, -0.05) is 29.3 Å². The summed E-state index contributed by atoms with van der Waals surface area (Å²) in [6.45, 7) is 3.94. The second-order valence-corrected chi connectivity index (χ2v) is 8.40. The van der Waals surface area contributed by atoms with E-state index in [9.17, 15) is 9.59 Å². The molecule has 0 bridgehead atoms. The van der Waals surface area contributed by atoms with E-state index in [1.54, 1.807) is 19.2 Å². The summed E-state index contributed by atoms with van der Waals surface area (Å²) in [7, 11) is 5.28. The molecule has 2 aromatic heterocycles. The molecule has 29 heavy (non-hydrogen) atoms. The normalized spacial score (nSPS) is 15.4. The van der Waals surface area contributed by atoms with Crippen molar-refractivity contribution in [3.05, 3.63) is 54.6 Å². The van der Waals surface area contributed by atoms with E-state index in [4.69, 9.17) is 28.2 Å². The Hall–Kier alpha value is -2.29. The van der Waals surface area contributed by atoms with E-state index in [1.807, 2.05) is 10.6 Å². The molecule has 0 unspecified atom stereocenters. The number of benzene rings is 1. The van der Waals surface area contributed by atoms with Crippen LogP contribution in [0, 0.1) is 0 Å². The largest absolute Gasteiger partial charge is 0.334 e. The van der Waals surface area contributed by atoms with Crippen molar-refractivity contribution in [3.63, 3.8) is 0 Å². The Labute approximate surface area is 177 Å². The fourth-order valence-corrected chi connectivity index (χ4v) is 4.20. The van der Waals surface area contributed by atoms with Crippen LogP contribution in [-0.4, -0.2) is 51.9 Å². The molecule has 1 aliphatic rings. The molecule has 1 saturated heterocycles. The van der Waals surface area contributed by atoms with Gasteiger partial charge in [-0.25, -0.2) is 4.79 Å². The summed E-state index contributed by atoms with van der Waals surface area (Å²) in [5.74, 6) is 0.678. The molecule has 8 nitrogen and oxygen atoms in total. The summed E-state index contributed by atoms with van der Waals surface area (Å²) in [6.07, 6.45) is 0. The van der Waals surface area contributed by atoms with Gasteiger partial charge in [0.25, 0.3) is 5.56 Å². The van der Waals surface area contributed by atoms with Gasteiger partial charge in [-0.3, -0.25) is 18.5 Å². The highest BCUT2D eigenvalue weighted by Gasteiger charge is 2.26. The topological polar surface area (TPSA) is 69.5 Å². The van der Waals surface area contributed by atoms with Crippen LogP contribution in [0.25, 0.3) is 11.2 Å². The predicted molar refractivity (Wildman–Crippen MR) is 115 cm³/mol. The van der Waals surface area contributed by atoms with Crippen molar-refractivity contribution in [3.8, 4) is 0 Å². The molecule has 1 fully saturated rings. The number of nitrogens with one attached hydrogen (secondary N) is 1. The third kappa shape index (κ3) is 3.45. The summed E-state index contributed by atoms with van der Waals surface area (Å²) in [5.41, 5.74) is 0.830. The minimum atomic E-state index is -0.397. The number of imidazole rings is 1. The molecule has 0 aliphatic carbocycles. The Balaban J connectivity index is 1.95. The molecular formula is C19H23Cl2N6O2+. The van der Waals surface area contributed by atoms with Crippen LogP contribution in [0.4, 0.5) is 5.95 Å². The van der Waals surface area contributed by atoms with Gasteiger partial charge in [-0.15, -0.1) is 0 Å². The summed E-state index contributed by atoms with van der Waals surface area (Å²) in [4.78, 5) is 33.8. The number of aromatic nitrogens is 4. The zero-order valence-corrected chi connectivity index (χ0v) is 18.1. The van der Waals surface area contributed by atoms with E-state index in [0.717, 1.165) is 36.3 Å². The van der Waals surface area contributed by atoms with Crippen LogP contribution in [0.15, 0.2) is 27.8 Å². The lowest BCUT2D eigenvalue weighted by molar-refractivity contribution is -0.880. The summed E-state index contributed by atoms with van der Waals surface area (Å²) < 4.78 is 4.40. The maximum absolute atomic E-state index is 13.0. The van der Waals surface area contributed by atoms with Crippen LogP contribution in [0.3, 0.4) is 0 Å². The van der Waals surface area contributed by atoms with Crippen LogP contribution in [0.2, 0.25) is 10.0 Å². The van der Waals surface area contributed by atoms with Crippen molar-refractivity contribution >= 4 is 40.3 Å². The number of piperazine rings is 1. The standard InChI is InChI=1S/C19H22Cl2N6O2/c1-23-6-8-26(9-7-23)18-22-16-15(17(28)25(3)19(29)24(16)2)27(18)11-12-4-5-13(20)10-14(12)21/h4-5,10H,6-9,11H2,1-3H3/p+1. The Bertz CT molecular complexity index is 1200. The van der Waals surface area contributed by atoms with Gasteiger partial charge in [-0.2, -0.15) is 4.98 Å². The fraction of sp³-hybridized carbons (Fsp3) is 0.421. The Morgan fingerprint density at radius 3 is 2.45 bits per heavy atom. The number of nitrogens with zero attached hydrogens (tertiary/aromatic N) is 5. The second-order valence-electron chi connectivity index (χ2n) is 7.56. The first kappa shape index (κ1) is 20.0. The number of aryl methyl sites for hydroxylation is 1. The molecule has 0 radical (unpaired) electrons. The van der Waals surface area contributed by atoms with Crippen molar-refractivity contribution in [1.82, 2.24) is 18.7 Å². The van der Waals surface area contributed by atoms with Gasteiger partial charge in [0.05, 0.1) is 39.8 Å². The molecule has 3 aromatic rings. The molecule has 1 aromatic carbocycles. The minimum Gasteiger partial charge on any atom is -0.334 e. The van der Waals surface area contributed by atoms with E-state index < -0.39 is 5.69 Å². The first-order valence-electron chi connectivity index (χ1n) is 9.44. The van der Waals surface area contributed by atoms with Gasteiger partial charge >= 0.3 is 5.69 Å². The molecule has 4 rings (SSSR count). The van der Waals surface area contributed by atoms with Crippen LogP contribution >= 0.6 is 23.2 Å². The zero-order chi connectivity index (χ0) is 20.9.